The van der Waals surface area contributed by atoms with Crippen LogP contribution in [0.15, 0.2) is 67.0 Å². The number of likely N-dealkylation sites (N-methyl/N-ethyl adjacent to an activating group) is 1. The van der Waals surface area contributed by atoms with Crippen LogP contribution in [-0.2, 0) is 11.3 Å². The van der Waals surface area contributed by atoms with Crippen molar-refractivity contribution in [3.8, 4) is 16.9 Å². The molecule has 1 aromatic heterocycles. The number of benzene rings is 2. The fourth-order valence-electron chi connectivity index (χ4n) is 5.04. The molecule has 0 radical (unpaired) electrons. The molecule has 10 nitrogen and oxygen atoms in total. The summed E-state index contributed by atoms with van der Waals surface area (Å²) in [4.78, 5) is 33.8. The predicted octanol–water partition coefficient (Wildman–Crippen LogP) is 4.18. The third-order valence-electron chi connectivity index (χ3n) is 7.38. The summed E-state index contributed by atoms with van der Waals surface area (Å²) in [6, 6.07) is 17.1. The summed E-state index contributed by atoms with van der Waals surface area (Å²) >= 11 is 0. The lowest BCUT2D eigenvalue weighted by atomic mass is 10.0. The van der Waals surface area contributed by atoms with Gasteiger partial charge >= 0.3 is 6.03 Å². The molecule has 0 aliphatic carbocycles. The van der Waals surface area contributed by atoms with E-state index in [-0.39, 0.29) is 36.6 Å². The maximum atomic E-state index is 13.6. The predicted molar refractivity (Wildman–Crippen MR) is 164 cm³/mol. The van der Waals surface area contributed by atoms with Gasteiger partial charge in [0.15, 0.2) is 0 Å². The molecule has 42 heavy (non-hydrogen) atoms. The van der Waals surface area contributed by atoms with Crippen molar-refractivity contribution in [2.45, 2.75) is 45.6 Å². The van der Waals surface area contributed by atoms with Crippen molar-refractivity contribution in [1.82, 2.24) is 20.1 Å². The molecule has 0 bridgehead atoms. The van der Waals surface area contributed by atoms with Crippen LogP contribution in [0.5, 0.6) is 5.75 Å². The second-order valence-electron chi connectivity index (χ2n) is 11.1. The third kappa shape index (κ3) is 8.06. The van der Waals surface area contributed by atoms with Gasteiger partial charge < -0.3 is 30.7 Å². The number of nitrogens with zero attached hydrogens (tertiary/aromatic N) is 3. The van der Waals surface area contributed by atoms with Gasteiger partial charge in [-0.05, 0) is 66.8 Å². The lowest BCUT2D eigenvalue weighted by Crippen LogP contribution is -2.50. The van der Waals surface area contributed by atoms with Crippen molar-refractivity contribution >= 4 is 17.6 Å². The molecule has 1 aliphatic heterocycles. The fourth-order valence-corrected chi connectivity index (χ4v) is 5.04. The zero-order chi connectivity index (χ0) is 30.2. The molecule has 0 fully saturated rings. The van der Waals surface area contributed by atoms with Gasteiger partial charge in [-0.2, -0.15) is 0 Å². The molecule has 2 heterocycles. The van der Waals surface area contributed by atoms with Gasteiger partial charge in [0, 0.05) is 57.9 Å². The summed E-state index contributed by atoms with van der Waals surface area (Å²) in [5.41, 5.74) is 10.9. The number of hydrogen-bond donors (Lipinski definition) is 3. The summed E-state index contributed by atoms with van der Waals surface area (Å²) in [5.74, 6) is 0.243. The number of nitrogens with two attached hydrogens (primary N) is 1. The van der Waals surface area contributed by atoms with Gasteiger partial charge in [-0.3, -0.25) is 14.7 Å². The van der Waals surface area contributed by atoms with Gasteiger partial charge in [-0.1, -0.05) is 31.2 Å². The molecule has 10 heteroatoms. The SMILES string of the molecule is CO[C@H]1CN(C)C(=O)c2cc(NC(=O)NC(C)C)ccc2OC[C@H](N)N(Cc2ccc(-c3ccncc3)cc2)C[C@@H]1C. The fraction of sp³-hybridized carbons (Fsp3) is 0.406. The number of ether oxygens (including phenoxy) is 2. The molecule has 4 rings (SSSR count). The molecular weight excluding hydrogens is 532 g/mol. The second kappa shape index (κ2) is 14.3. The van der Waals surface area contributed by atoms with Crippen LogP contribution < -0.4 is 21.1 Å². The number of amides is 3. The summed E-state index contributed by atoms with van der Waals surface area (Å²) < 4.78 is 12.0. The van der Waals surface area contributed by atoms with E-state index in [0.29, 0.717) is 36.6 Å². The van der Waals surface area contributed by atoms with Gasteiger partial charge in [0.1, 0.15) is 12.4 Å². The molecule has 3 aromatic rings. The number of carbonyl (C=O) groups is 2. The Bertz CT molecular complexity index is 1330. The van der Waals surface area contributed by atoms with Crippen LogP contribution in [0.3, 0.4) is 0 Å². The number of methoxy groups -OCH3 is 1. The van der Waals surface area contributed by atoms with E-state index in [0.717, 1.165) is 16.7 Å². The zero-order valence-corrected chi connectivity index (χ0v) is 25.0. The first-order chi connectivity index (χ1) is 20.1. The molecule has 0 saturated heterocycles. The minimum absolute atomic E-state index is 0.0258. The molecule has 3 atom stereocenters. The Hall–Kier alpha value is -3.99. The first kappa shape index (κ1) is 31.0. The highest BCUT2D eigenvalue weighted by Gasteiger charge is 2.29. The van der Waals surface area contributed by atoms with Crippen LogP contribution in [0.25, 0.3) is 11.1 Å². The monoisotopic (exact) mass is 574 g/mol. The van der Waals surface area contributed by atoms with Crippen LogP contribution in [0, 0.1) is 5.92 Å². The maximum absolute atomic E-state index is 13.6. The Morgan fingerprint density at radius 3 is 2.45 bits per heavy atom. The second-order valence-corrected chi connectivity index (χ2v) is 11.1. The van der Waals surface area contributed by atoms with Crippen LogP contribution >= 0.6 is 0 Å². The van der Waals surface area contributed by atoms with Crippen molar-refractivity contribution in [3.05, 3.63) is 78.1 Å². The minimum atomic E-state index is -0.445. The van der Waals surface area contributed by atoms with E-state index in [2.05, 4.69) is 51.7 Å². The van der Waals surface area contributed by atoms with Gasteiger partial charge in [0.05, 0.1) is 17.8 Å². The highest BCUT2D eigenvalue weighted by molar-refractivity contribution is 5.99. The summed E-state index contributed by atoms with van der Waals surface area (Å²) in [6.07, 6.45) is 2.91. The van der Waals surface area contributed by atoms with Crippen LogP contribution in [0.1, 0.15) is 36.7 Å². The minimum Gasteiger partial charge on any atom is -0.490 e. The molecule has 3 amide bonds. The number of pyridine rings is 1. The Morgan fingerprint density at radius 1 is 1.10 bits per heavy atom. The first-order valence-electron chi connectivity index (χ1n) is 14.3. The van der Waals surface area contributed by atoms with Gasteiger partial charge in [0.25, 0.3) is 5.91 Å². The average Bonchev–Trinajstić information content (AvgIpc) is 2.98. The van der Waals surface area contributed by atoms with E-state index in [1.807, 2.05) is 26.0 Å². The lowest BCUT2D eigenvalue weighted by molar-refractivity contribution is 0.00808. The number of urea groups is 1. The van der Waals surface area contributed by atoms with Gasteiger partial charge in [-0.25, -0.2) is 4.79 Å². The van der Waals surface area contributed by atoms with Crippen molar-refractivity contribution in [3.63, 3.8) is 0 Å². The number of anilines is 1. The van der Waals surface area contributed by atoms with E-state index in [9.17, 15) is 9.59 Å². The zero-order valence-electron chi connectivity index (χ0n) is 25.0. The molecule has 0 spiro atoms. The highest BCUT2D eigenvalue weighted by atomic mass is 16.5. The number of fused-ring (bicyclic) bond motifs is 1. The van der Waals surface area contributed by atoms with E-state index < -0.39 is 6.17 Å². The molecule has 4 N–H and O–H groups in total. The Labute approximate surface area is 248 Å². The van der Waals surface area contributed by atoms with E-state index in [1.165, 1.54) is 0 Å². The normalized spacial score (nSPS) is 20.2. The van der Waals surface area contributed by atoms with E-state index >= 15 is 0 Å². The van der Waals surface area contributed by atoms with Crippen molar-refractivity contribution in [2.24, 2.45) is 11.7 Å². The van der Waals surface area contributed by atoms with Crippen LogP contribution in [-0.4, -0.2) is 78.9 Å². The summed E-state index contributed by atoms with van der Waals surface area (Å²) in [6.45, 7) is 7.68. The number of carbonyl (C=O) groups excluding carboxylic acids is 2. The third-order valence-corrected chi connectivity index (χ3v) is 7.38. The molecule has 224 valence electrons. The maximum Gasteiger partial charge on any atom is 0.319 e. The first-order valence-corrected chi connectivity index (χ1v) is 14.3. The lowest BCUT2D eigenvalue weighted by Gasteiger charge is -2.36. The summed E-state index contributed by atoms with van der Waals surface area (Å²) in [7, 11) is 3.41. The quantitative estimate of drug-likeness (QED) is 0.404. The smallest absolute Gasteiger partial charge is 0.319 e. The number of hydrogen-bond acceptors (Lipinski definition) is 7. The van der Waals surface area contributed by atoms with E-state index in [4.69, 9.17) is 15.2 Å². The Balaban J connectivity index is 1.58. The number of aromatic nitrogens is 1. The van der Waals surface area contributed by atoms with Crippen molar-refractivity contribution in [2.75, 3.05) is 39.2 Å². The number of rotatable bonds is 6. The highest BCUT2D eigenvalue weighted by Crippen LogP contribution is 2.27. The molecule has 2 aromatic carbocycles. The number of nitrogens with one attached hydrogen (secondary N) is 2. The Morgan fingerprint density at radius 2 is 1.79 bits per heavy atom. The average molecular weight is 575 g/mol. The van der Waals surface area contributed by atoms with Crippen LogP contribution in [0.4, 0.5) is 10.5 Å². The van der Waals surface area contributed by atoms with Crippen molar-refractivity contribution in [1.29, 1.82) is 0 Å². The Kier molecular flexibility index (Phi) is 10.5. The molecule has 0 saturated carbocycles. The largest absolute Gasteiger partial charge is 0.490 e. The van der Waals surface area contributed by atoms with Crippen molar-refractivity contribution < 1.29 is 19.1 Å². The molecule has 0 unspecified atom stereocenters. The van der Waals surface area contributed by atoms with E-state index in [1.54, 1.807) is 49.7 Å². The molecular formula is C32H42N6O4. The summed E-state index contributed by atoms with van der Waals surface area (Å²) in [5, 5.41) is 5.58. The van der Waals surface area contributed by atoms with Crippen LogP contribution in [0.2, 0.25) is 0 Å². The van der Waals surface area contributed by atoms with Gasteiger partial charge in [0.2, 0.25) is 0 Å². The topological polar surface area (TPSA) is 122 Å². The standard InChI is InChI=1S/C32H42N6O4/c1-21(2)35-32(40)36-26-10-11-28-27(16-26)31(39)37(4)19-29(41-5)22(3)17-38(30(33)20-42-28)18-23-6-8-24(9-7-23)25-12-14-34-15-13-25/h6-16,21-22,29-30H,17-20,33H2,1-5H3,(H2,35,36,40)/t22-,29-,30+/m0/s1. The molecule has 1 aliphatic rings. The van der Waals surface area contributed by atoms with Gasteiger partial charge in [-0.15, -0.1) is 0 Å².